The molecule has 0 aliphatic rings. The molecule has 2 rings (SSSR count). The smallest absolute Gasteiger partial charge is 0.141 e. The number of hydrogen-bond acceptors (Lipinski definition) is 2. The molecule has 2 aromatic rings. The Bertz CT molecular complexity index is 673. The maximum absolute atomic E-state index is 13.9. The van der Waals surface area contributed by atoms with Gasteiger partial charge >= 0.3 is 0 Å². The summed E-state index contributed by atoms with van der Waals surface area (Å²) in [5.74, 6) is -0.439. The lowest BCUT2D eigenvalue weighted by molar-refractivity contribution is 0.629. The van der Waals surface area contributed by atoms with E-state index in [1.165, 1.54) is 10.7 Å². The van der Waals surface area contributed by atoms with Crippen molar-refractivity contribution in [2.24, 2.45) is 7.05 Å². The predicted octanol–water partition coefficient (Wildman–Crippen LogP) is 3.66. The minimum atomic E-state index is -0.439. The fourth-order valence-corrected chi connectivity index (χ4v) is 2.36. The van der Waals surface area contributed by atoms with Crippen molar-refractivity contribution in [1.82, 2.24) is 9.78 Å². The van der Waals surface area contributed by atoms with Crippen LogP contribution >= 0.6 is 34.2 Å². The molecule has 0 bridgehead atoms. The molecule has 1 aromatic heterocycles. The van der Waals surface area contributed by atoms with Crippen molar-refractivity contribution in [2.75, 3.05) is 0 Å². The van der Waals surface area contributed by atoms with Crippen LogP contribution in [0.25, 0.3) is 11.3 Å². The molecular weight excluding hydrogens is 368 g/mol. The Kier molecular flexibility index (Phi) is 3.59. The highest BCUT2D eigenvalue weighted by atomic mass is 127. The molecular formula is C12H8ClFIN3. The third-order valence-electron chi connectivity index (χ3n) is 2.66. The number of benzene rings is 1. The summed E-state index contributed by atoms with van der Waals surface area (Å²) in [5.41, 5.74) is 1.92. The van der Waals surface area contributed by atoms with Crippen LogP contribution in [0.4, 0.5) is 4.39 Å². The molecule has 0 aliphatic heterocycles. The standard InChI is InChI=1S/C12H8ClFIN3/c1-6-11(5-16)18(2)17-12(6)7-3-10(15)8(13)4-9(7)14/h3-4H,1-2H3. The van der Waals surface area contributed by atoms with E-state index in [0.717, 1.165) is 3.57 Å². The summed E-state index contributed by atoms with van der Waals surface area (Å²) in [7, 11) is 1.66. The monoisotopic (exact) mass is 375 g/mol. The molecule has 0 aliphatic carbocycles. The van der Waals surface area contributed by atoms with Crippen LogP contribution in [-0.2, 0) is 7.05 Å². The number of aryl methyl sites for hydroxylation is 1. The van der Waals surface area contributed by atoms with Crippen LogP contribution < -0.4 is 0 Å². The van der Waals surface area contributed by atoms with Crippen molar-refractivity contribution < 1.29 is 4.39 Å². The minimum Gasteiger partial charge on any atom is -0.257 e. The Morgan fingerprint density at radius 1 is 1.50 bits per heavy atom. The number of nitriles is 1. The lowest BCUT2D eigenvalue weighted by Crippen LogP contribution is -1.94. The van der Waals surface area contributed by atoms with Crippen molar-refractivity contribution in [3.63, 3.8) is 0 Å². The first-order valence-corrected chi connectivity index (χ1v) is 6.50. The van der Waals surface area contributed by atoms with Gasteiger partial charge in [0.1, 0.15) is 17.6 Å². The summed E-state index contributed by atoms with van der Waals surface area (Å²) in [6.45, 7) is 1.75. The van der Waals surface area contributed by atoms with Gasteiger partial charge in [0.25, 0.3) is 0 Å². The van der Waals surface area contributed by atoms with Crippen LogP contribution in [0, 0.1) is 27.6 Å². The number of aromatic nitrogens is 2. The van der Waals surface area contributed by atoms with E-state index in [2.05, 4.69) is 5.10 Å². The van der Waals surface area contributed by atoms with Gasteiger partial charge in [-0.2, -0.15) is 10.4 Å². The molecule has 0 amide bonds. The van der Waals surface area contributed by atoms with E-state index in [0.29, 0.717) is 27.5 Å². The van der Waals surface area contributed by atoms with Crippen LogP contribution in [-0.4, -0.2) is 9.78 Å². The lowest BCUT2D eigenvalue weighted by atomic mass is 10.1. The second-order valence-corrected chi connectivity index (χ2v) is 5.37. The molecule has 0 N–H and O–H groups in total. The number of halogens is 3. The molecule has 1 heterocycles. The van der Waals surface area contributed by atoms with Gasteiger partial charge in [0, 0.05) is 21.7 Å². The van der Waals surface area contributed by atoms with E-state index in [4.69, 9.17) is 16.9 Å². The zero-order valence-corrected chi connectivity index (χ0v) is 12.5. The maximum atomic E-state index is 13.9. The number of nitrogens with zero attached hydrogens (tertiary/aromatic N) is 3. The quantitative estimate of drug-likeness (QED) is 0.564. The fraction of sp³-hybridized carbons (Fsp3) is 0.167. The summed E-state index contributed by atoms with van der Waals surface area (Å²) in [5, 5.41) is 13.6. The van der Waals surface area contributed by atoms with Crippen molar-refractivity contribution in [3.8, 4) is 17.3 Å². The summed E-state index contributed by atoms with van der Waals surface area (Å²) in [6.07, 6.45) is 0. The van der Waals surface area contributed by atoms with Gasteiger partial charge in [0.05, 0.1) is 10.7 Å². The Balaban J connectivity index is 2.71. The molecule has 0 unspecified atom stereocenters. The lowest BCUT2D eigenvalue weighted by Gasteiger charge is -2.03. The second-order valence-electron chi connectivity index (χ2n) is 3.80. The first-order valence-electron chi connectivity index (χ1n) is 5.04. The SMILES string of the molecule is Cc1c(-c2cc(I)c(Cl)cc2F)nn(C)c1C#N. The van der Waals surface area contributed by atoms with Crippen molar-refractivity contribution in [2.45, 2.75) is 6.92 Å². The van der Waals surface area contributed by atoms with Gasteiger partial charge in [-0.3, -0.25) is 4.68 Å². The Morgan fingerprint density at radius 3 is 2.72 bits per heavy atom. The third kappa shape index (κ3) is 2.10. The molecule has 0 spiro atoms. The topological polar surface area (TPSA) is 41.6 Å². The first-order chi connectivity index (χ1) is 8.45. The summed E-state index contributed by atoms with van der Waals surface area (Å²) in [4.78, 5) is 0. The molecule has 6 heteroatoms. The molecule has 0 saturated carbocycles. The molecule has 0 saturated heterocycles. The van der Waals surface area contributed by atoms with E-state index < -0.39 is 5.82 Å². The van der Waals surface area contributed by atoms with Crippen LogP contribution in [0.5, 0.6) is 0 Å². The predicted molar refractivity (Wildman–Crippen MR) is 75.8 cm³/mol. The largest absolute Gasteiger partial charge is 0.257 e. The Morgan fingerprint density at radius 2 is 2.17 bits per heavy atom. The van der Waals surface area contributed by atoms with Gasteiger partial charge in [-0.15, -0.1) is 0 Å². The zero-order chi connectivity index (χ0) is 13.4. The summed E-state index contributed by atoms with van der Waals surface area (Å²) < 4.78 is 16.1. The van der Waals surface area contributed by atoms with Gasteiger partial charge in [0.15, 0.2) is 0 Å². The van der Waals surface area contributed by atoms with Crippen LogP contribution in [0.2, 0.25) is 5.02 Å². The minimum absolute atomic E-state index is 0.360. The van der Waals surface area contributed by atoms with Gasteiger partial charge < -0.3 is 0 Å². The van der Waals surface area contributed by atoms with E-state index in [1.54, 1.807) is 20.0 Å². The van der Waals surface area contributed by atoms with E-state index in [9.17, 15) is 4.39 Å². The van der Waals surface area contributed by atoms with E-state index in [1.807, 2.05) is 28.7 Å². The van der Waals surface area contributed by atoms with Crippen LogP contribution in [0.3, 0.4) is 0 Å². The highest BCUT2D eigenvalue weighted by Crippen LogP contribution is 2.31. The number of hydrogen-bond donors (Lipinski definition) is 0. The second kappa shape index (κ2) is 4.86. The van der Waals surface area contributed by atoms with Gasteiger partial charge in [-0.1, -0.05) is 11.6 Å². The molecule has 0 radical (unpaired) electrons. The normalized spacial score (nSPS) is 10.4. The molecule has 0 fully saturated rings. The fourth-order valence-electron chi connectivity index (χ4n) is 1.75. The molecule has 0 atom stereocenters. The molecule has 18 heavy (non-hydrogen) atoms. The average Bonchev–Trinajstić information content (AvgIpc) is 2.59. The summed E-state index contributed by atoms with van der Waals surface area (Å²) >= 11 is 7.88. The van der Waals surface area contributed by atoms with Crippen molar-refractivity contribution >= 4 is 34.2 Å². The number of rotatable bonds is 1. The van der Waals surface area contributed by atoms with Crippen molar-refractivity contribution in [3.05, 3.63) is 37.8 Å². The third-order valence-corrected chi connectivity index (χ3v) is 4.18. The Hall–Kier alpha value is -1.13. The average molecular weight is 376 g/mol. The molecule has 1 aromatic carbocycles. The zero-order valence-electron chi connectivity index (χ0n) is 9.63. The maximum Gasteiger partial charge on any atom is 0.141 e. The van der Waals surface area contributed by atoms with E-state index >= 15 is 0 Å². The van der Waals surface area contributed by atoms with Crippen LogP contribution in [0.1, 0.15) is 11.3 Å². The van der Waals surface area contributed by atoms with Gasteiger partial charge in [-0.25, -0.2) is 4.39 Å². The summed E-state index contributed by atoms with van der Waals surface area (Å²) in [6, 6.07) is 4.95. The molecule has 92 valence electrons. The van der Waals surface area contributed by atoms with Gasteiger partial charge in [-0.05, 0) is 41.6 Å². The highest BCUT2D eigenvalue weighted by molar-refractivity contribution is 14.1. The Labute approximate surface area is 122 Å². The van der Waals surface area contributed by atoms with Gasteiger partial charge in [0.2, 0.25) is 0 Å². The molecule has 3 nitrogen and oxygen atoms in total. The first kappa shape index (κ1) is 13.3. The van der Waals surface area contributed by atoms with Crippen molar-refractivity contribution in [1.29, 1.82) is 5.26 Å². The van der Waals surface area contributed by atoms with E-state index in [-0.39, 0.29) is 0 Å². The van der Waals surface area contributed by atoms with Crippen LogP contribution in [0.15, 0.2) is 12.1 Å². The highest BCUT2D eigenvalue weighted by Gasteiger charge is 2.18.